The number of ether oxygens (including phenoxy) is 3. The van der Waals surface area contributed by atoms with Gasteiger partial charge in [0.25, 0.3) is 0 Å². The maximum atomic E-state index is 13.2. The van der Waals surface area contributed by atoms with Crippen LogP contribution in [-0.4, -0.2) is 47.4 Å². The van der Waals surface area contributed by atoms with Crippen LogP contribution in [0.4, 0.5) is 4.79 Å². The summed E-state index contributed by atoms with van der Waals surface area (Å²) in [5.41, 5.74) is -1.76. The van der Waals surface area contributed by atoms with Crippen LogP contribution >= 0.6 is 11.6 Å². The predicted octanol–water partition coefficient (Wildman–Crippen LogP) is 3.92. The van der Waals surface area contributed by atoms with Crippen molar-refractivity contribution in [3.8, 4) is 0 Å². The van der Waals surface area contributed by atoms with Gasteiger partial charge in [-0.05, 0) is 63.0 Å². The molecule has 7 nitrogen and oxygen atoms in total. The number of hydrogen-bond donors (Lipinski definition) is 1. The summed E-state index contributed by atoms with van der Waals surface area (Å²) in [6, 6.07) is -0.354. The second kappa shape index (κ2) is 8.17. The first-order valence-corrected chi connectivity index (χ1v) is 11.9. The molecule has 0 radical (unpaired) electrons. The number of allylic oxidation sites excluding steroid dienone is 4. The van der Waals surface area contributed by atoms with Gasteiger partial charge in [0, 0.05) is 16.7 Å². The van der Waals surface area contributed by atoms with Crippen molar-refractivity contribution in [1.29, 1.82) is 0 Å². The third-order valence-electron chi connectivity index (χ3n) is 8.65. The highest BCUT2D eigenvalue weighted by atomic mass is 35.5. The van der Waals surface area contributed by atoms with E-state index in [1.165, 1.54) is 0 Å². The van der Waals surface area contributed by atoms with Gasteiger partial charge >= 0.3 is 12.1 Å². The maximum Gasteiger partial charge on any atom is 0.509 e. The fourth-order valence-electron chi connectivity index (χ4n) is 7.31. The van der Waals surface area contributed by atoms with E-state index in [1.54, 1.807) is 19.1 Å². The molecule has 4 aliphatic carbocycles. The zero-order valence-electron chi connectivity index (χ0n) is 18.8. The number of aliphatic hydroxyl groups excluding tert-OH is 1. The number of carbonyl (C=O) groups excluding carboxylic acids is 3. The smallest absolute Gasteiger partial charge is 0.446 e. The van der Waals surface area contributed by atoms with Crippen LogP contribution in [0.15, 0.2) is 23.8 Å². The lowest BCUT2D eigenvalue weighted by molar-refractivity contribution is -0.199. The number of ketones is 1. The van der Waals surface area contributed by atoms with E-state index < -0.39 is 34.7 Å². The minimum atomic E-state index is -1.57. The van der Waals surface area contributed by atoms with E-state index in [1.807, 2.05) is 13.0 Å². The van der Waals surface area contributed by atoms with E-state index >= 15 is 0 Å². The summed E-state index contributed by atoms with van der Waals surface area (Å²) in [5, 5.41) is 11.5. The Morgan fingerprint density at radius 2 is 2.00 bits per heavy atom. The summed E-state index contributed by atoms with van der Waals surface area (Å²) in [5.74, 6) is -0.676. The average molecular weight is 467 g/mol. The first-order valence-electron chi connectivity index (χ1n) is 11.3. The van der Waals surface area contributed by atoms with E-state index in [0.29, 0.717) is 6.42 Å². The van der Waals surface area contributed by atoms with Crippen molar-refractivity contribution in [3.05, 3.63) is 23.8 Å². The summed E-state index contributed by atoms with van der Waals surface area (Å²) in [7, 11) is 0. The molecule has 3 fully saturated rings. The summed E-state index contributed by atoms with van der Waals surface area (Å²) >= 11 is 5.70. The normalized spacial score (nSPS) is 42.3. The van der Waals surface area contributed by atoms with E-state index in [2.05, 4.69) is 6.92 Å². The van der Waals surface area contributed by atoms with Crippen LogP contribution in [0.2, 0.25) is 0 Å². The van der Waals surface area contributed by atoms with Gasteiger partial charge in [-0.1, -0.05) is 37.1 Å². The van der Waals surface area contributed by atoms with Crippen molar-refractivity contribution < 1.29 is 33.7 Å². The van der Waals surface area contributed by atoms with Gasteiger partial charge in [0.2, 0.25) is 5.60 Å². The van der Waals surface area contributed by atoms with Crippen molar-refractivity contribution in [2.45, 2.75) is 64.6 Å². The maximum absolute atomic E-state index is 13.2. The minimum Gasteiger partial charge on any atom is -0.446 e. The van der Waals surface area contributed by atoms with Crippen molar-refractivity contribution in [1.82, 2.24) is 0 Å². The lowest BCUT2D eigenvalue weighted by Crippen LogP contribution is -2.62. The van der Waals surface area contributed by atoms with Gasteiger partial charge in [0.05, 0.1) is 12.7 Å². The molecule has 0 aromatic heterocycles. The third-order valence-corrected chi connectivity index (χ3v) is 8.76. The molecule has 0 spiro atoms. The second-order valence-electron chi connectivity index (χ2n) is 9.90. The number of aliphatic hydroxyl groups is 1. The zero-order chi connectivity index (χ0) is 23.3. The molecule has 0 aromatic carbocycles. The van der Waals surface area contributed by atoms with Gasteiger partial charge in [-0.2, -0.15) is 0 Å². The number of hydrogen-bond acceptors (Lipinski definition) is 7. The molecule has 0 aliphatic heterocycles. The first kappa shape index (κ1) is 23.3. The quantitative estimate of drug-likeness (QED) is 0.495. The molecule has 4 aliphatic rings. The molecule has 0 amide bonds. The SMILES string of the molecule is CCOC(=O)O[C@@]1(C(=O)OCCl)CC[C@H]2[C@@H]3CCC4=CC(=O)C=C[C@]4(C)[C@H]3[C@H](O)C[C@@]21C. The highest BCUT2D eigenvalue weighted by Gasteiger charge is 2.71. The van der Waals surface area contributed by atoms with E-state index in [-0.39, 0.29) is 49.1 Å². The summed E-state index contributed by atoms with van der Waals surface area (Å²) in [6.45, 7) is 5.77. The van der Waals surface area contributed by atoms with Crippen molar-refractivity contribution in [3.63, 3.8) is 0 Å². The first-order chi connectivity index (χ1) is 15.1. The van der Waals surface area contributed by atoms with Crippen LogP contribution in [0.25, 0.3) is 0 Å². The van der Waals surface area contributed by atoms with E-state index in [9.17, 15) is 19.5 Å². The van der Waals surface area contributed by atoms with Crippen LogP contribution in [0.3, 0.4) is 0 Å². The number of rotatable bonds is 4. The standard InChI is InChI=1S/C24H31ClO7/c1-4-30-21(29)32-24(20(28)31-13-25)10-8-17-16-6-5-14-11-15(26)7-9-22(14,2)19(16)18(27)12-23(17,24)3/h7,9,11,16-19,27H,4-6,8,10,12-13H2,1-3H3/t16-,17-,18+,19+,22-,23-,24+/m0/s1. The Hall–Kier alpha value is -1.86. The molecule has 0 heterocycles. The Labute approximate surface area is 193 Å². The van der Waals surface area contributed by atoms with Gasteiger partial charge in [-0.3, -0.25) is 4.79 Å². The van der Waals surface area contributed by atoms with Gasteiger partial charge in [0.15, 0.2) is 11.8 Å². The summed E-state index contributed by atoms with van der Waals surface area (Å²) < 4.78 is 15.9. The van der Waals surface area contributed by atoms with Gasteiger partial charge in [-0.25, -0.2) is 9.59 Å². The molecule has 1 N–H and O–H groups in total. The number of alkyl halides is 1. The number of carbonyl (C=O) groups is 3. The highest BCUT2D eigenvalue weighted by Crippen LogP contribution is 2.68. The largest absolute Gasteiger partial charge is 0.509 e. The molecule has 0 saturated heterocycles. The average Bonchev–Trinajstić information content (AvgIpc) is 3.01. The molecule has 0 aromatic rings. The van der Waals surface area contributed by atoms with E-state index in [4.69, 9.17) is 25.8 Å². The predicted molar refractivity (Wildman–Crippen MR) is 116 cm³/mol. The van der Waals surface area contributed by atoms with Crippen LogP contribution in [0.5, 0.6) is 0 Å². The van der Waals surface area contributed by atoms with Gasteiger partial charge in [-0.15, -0.1) is 0 Å². The Morgan fingerprint density at radius 1 is 1.25 bits per heavy atom. The van der Waals surface area contributed by atoms with Gasteiger partial charge < -0.3 is 19.3 Å². The number of fused-ring (bicyclic) bond motifs is 5. The summed E-state index contributed by atoms with van der Waals surface area (Å²) in [4.78, 5) is 37.5. The van der Waals surface area contributed by atoms with E-state index in [0.717, 1.165) is 18.4 Å². The van der Waals surface area contributed by atoms with Crippen LogP contribution in [0.1, 0.15) is 52.9 Å². The molecule has 32 heavy (non-hydrogen) atoms. The highest BCUT2D eigenvalue weighted by molar-refractivity contribution is 6.17. The van der Waals surface area contributed by atoms with Crippen molar-refractivity contribution >= 4 is 29.5 Å². The lowest BCUT2D eigenvalue weighted by atomic mass is 9.46. The minimum absolute atomic E-state index is 0.0161. The third kappa shape index (κ3) is 3.23. The molecule has 0 unspecified atom stereocenters. The monoisotopic (exact) mass is 466 g/mol. The Kier molecular flexibility index (Phi) is 5.95. The molecule has 3 saturated carbocycles. The fraction of sp³-hybridized carbons (Fsp3) is 0.708. The molecule has 8 heteroatoms. The molecule has 7 atom stereocenters. The van der Waals surface area contributed by atoms with Crippen LogP contribution in [-0.2, 0) is 23.8 Å². The Balaban J connectivity index is 1.73. The van der Waals surface area contributed by atoms with Crippen molar-refractivity contribution in [2.75, 3.05) is 12.7 Å². The lowest BCUT2D eigenvalue weighted by Gasteiger charge is -2.59. The van der Waals surface area contributed by atoms with Gasteiger partial charge in [0.1, 0.15) is 0 Å². The second-order valence-corrected chi connectivity index (χ2v) is 10.1. The molecule has 4 rings (SSSR count). The molecule has 0 bridgehead atoms. The summed E-state index contributed by atoms with van der Waals surface area (Å²) in [6.07, 6.45) is 6.31. The number of esters is 1. The van der Waals surface area contributed by atoms with Crippen LogP contribution < -0.4 is 0 Å². The molecule has 176 valence electrons. The van der Waals surface area contributed by atoms with Crippen LogP contribution in [0, 0.1) is 28.6 Å². The van der Waals surface area contributed by atoms with Crippen molar-refractivity contribution in [2.24, 2.45) is 28.6 Å². The Bertz CT molecular complexity index is 882. The topological polar surface area (TPSA) is 99.1 Å². The molecular formula is C24H31ClO7. The molecular weight excluding hydrogens is 436 g/mol. The number of halogens is 1. The Morgan fingerprint density at radius 3 is 2.69 bits per heavy atom. The zero-order valence-corrected chi connectivity index (χ0v) is 19.5. The fourth-order valence-corrected chi connectivity index (χ4v) is 7.41.